The minimum atomic E-state index is -4.45. The van der Waals surface area contributed by atoms with Crippen LogP contribution in [0, 0.1) is 0 Å². The van der Waals surface area contributed by atoms with Crippen LogP contribution >= 0.6 is 15.9 Å². The van der Waals surface area contributed by atoms with Gasteiger partial charge >= 0.3 is 12.3 Å². The summed E-state index contributed by atoms with van der Waals surface area (Å²) >= 11 is 3.08. The molecular weight excluding hydrogens is 317 g/mol. The molecule has 0 aliphatic carbocycles. The first-order valence-electron chi connectivity index (χ1n) is 4.83. The molecule has 1 rings (SSSR count). The average Bonchev–Trinajstić information content (AvgIpc) is 2.22. The van der Waals surface area contributed by atoms with Gasteiger partial charge in [0.25, 0.3) is 0 Å². The number of nitrogens with one attached hydrogen (secondary N) is 1. The summed E-state index contributed by atoms with van der Waals surface area (Å²) in [6.07, 6.45) is -5.42. The van der Waals surface area contributed by atoms with Crippen molar-refractivity contribution >= 4 is 27.7 Å². The van der Waals surface area contributed by atoms with Crippen LogP contribution in [0.3, 0.4) is 0 Å². The van der Waals surface area contributed by atoms with Gasteiger partial charge in [-0.2, -0.15) is 13.2 Å². The molecule has 0 spiro atoms. The number of carbonyl (C=O) groups excluding carboxylic acids is 1. The summed E-state index contributed by atoms with van der Waals surface area (Å²) in [4.78, 5) is 10.3. The van der Waals surface area contributed by atoms with Gasteiger partial charge in [-0.15, -0.1) is 0 Å². The second-order valence-corrected chi connectivity index (χ2v) is 4.20. The Bertz CT molecular complexity index is 438. The first kappa shape index (κ1) is 14.6. The highest BCUT2D eigenvalue weighted by atomic mass is 79.9. The Morgan fingerprint density at radius 2 is 2.11 bits per heavy atom. The SMILES string of the molecule is NC(=O)OCCNc1cc(Br)ccc1C(F)(F)F. The van der Waals surface area contributed by atoms with Gasteiger partial charge in [-0.25, -0.2) is 4.79 Å². The molecule has 0 heterocycles. The third-order valence-corrected chi connectivity index (χ3v) is 2.44. The van der Waals surface area contributed by atoms with Crippen molar-refractivity contribution in [2.45, 2.75) is 6.18 Å². The van der Waals surface area contributed by atoms with Gasteiger partial charge in [0, 0.05) is 16.7 Å². The van der Waals surface area contributed by atoms with E-state index in [9.17, 15) is 18.0 Å². The number of amides is 1. The number of primary amides is 1. The van der Waals surface area contributed by atoms with Crippen molar-refractivity contribution in [1.82, 2.24) is 0 Å². The minimum Gasteiger partial charge on any atom is -0.448 e. The number of ether oxygens (including phenoxy) is 1. The highest BCUT2D eigenvalue weighted by Gasteiger charge is 2.33. The Hall–Kier alpha value is -1.44. The van der Waals surface area contributed by atoms with Gasteiger partial charge in [0.1, 0.15) is 6.61 Å². The van der Waals surface area contributed by atoms with Crippen molar-refractivity contribution in [1.29, 1.82) is 0 Å². The highest BCUT2D eigenvalue weighted by molar-refractivity contribution is 9.10. The molecule has 0 saturated heterocycles. The molecule has 1 aromatic rings. The zero-order valence-corrected chi connectivity index (χ0v) is 10.6. The Labute approximate surface area is 109 Å². The first-order valence-corrected chi connectivity index (χ1v) is 5.63. The van der Waals surface area contributed by atoms with Crippen molar-refractivity contribution in [2.75, 3.05) is 18.5 Å². The number of halogens is 4. The van der Waals surface area contributed by atoms with Crippen LogP contribution in [0.15, 0.2) is 22.7 Å². The van der Waals surface area contributed by atoms with Crippen LogP contribution in [0.1, 0.15) is 5.56 Å². The number of rotatable bonds is 4. The highest BCUT2D eigenvalue weighted by Crippen LogP contribution is 2.36. The van der Waals surface area contributed by atoms with Gasteiger partial charge in [0.15, 0.2) is 0 Å². The van der Waals surface area contributed by atoms with Gasteiger partial charge in [0.05, 0.1) is 5.56 Å². The molecule has 0 bridgehead atoms. The quantitative estimate of drug-likeness (QED) is 0.836. The molecule has 0 aliphatic heterocycles. The van der Waals surface area contributed by atoms with Gasteiger partial charge in [0.2, 0.25) is 0 Å². The van der Waals surface area contributed by atoms with Crippen LogP contribution in [0.2, 0.25) is 0 Å². The fourth-order valence-electron chi connectivity index (χ4n) is 1.25. The molecule has 0 saturated carbocycles. The van der Waals surface area contributed by atoms with Gasteiger partial charge in [-0.1, -0.05) is 15.9 Å². The summed E-state index contributed by atoms with van der Waals surface area (Å²) in [5.74, 6) is 0. The van der Waals surface area contributed by atoms with Crippen LogP contribution in [0.5, 0.6) is 0 Å². The molecule has 0 aromatic heterocycles. The van der Waals surface area contributed by atoms with E-state index in [1.54, 1.807) is 0 Å². The lowest BCUT2D eigenvalue weighted by atomic mass is 10.1. The van der Waals surface area contributed by atoms with Crippen LogP contribution < -0.4 is 11.1 Å². The number of hydrogen-bond donors (Lipinski definition) is 2. The maximum Gasteiger partial charge on any atom is 0.418 e. The van der Waals surface area contributed by atoms with Crippen LogP contribution in [0.25, 0.3) is 0 Å². The molecule has 8 heteroatoms. The number of nitrogens with two attached hydrogens (primary N) is 1. The normalized spacial score (nSPS) is 11.1. The summed E-state index contributed by atoms with van der Waals surface area (Å²) in [7, 11) is 0. The molecule has 1 aromatic carbocycles. The van der Waals surface area contributed by atoms with E-state index in [0.29, 0.717) is 4.47 Å². The van der Waals surface area contributed by atoms with Crippen molar-refractivity contribution in [3.8, 4) is 0 Å². The maximum atomic E-state index is 12.7. The Balaban J connectivity index is 2.74. The first-order chi connectivity index (χ1) is 8.30. The van der Waals surface area contributed by atoms with Gasteiger partial charge < -0.3 is 15.8 Å². The summed E-state index contributed by atoms with van der Waals surface area (Å²) in [5, 5.41) is 2.53. The molecule has 0 atom stereocenters. The summed E-state index contributed by atoms with van der Waals surface area (Å²) in [6.45, 7) is -0.0817. The van der Waals surface area contributed by atoms with E-state index < -0.39 is 17.8 Å². The lowest BCUT2D eigenvalue weighted by molar-refractivity contribution is -0.137. The molecule has 4 nitrogen and oxygen atoms in total. The Morgan fingerprint density at radius 3 is 2.67 bits per heavy atom. The standard InChI is InChI=1S/C10H10BrF3N2O2/c11-6-1-2-7(10(12,13)14)8(5-6)16-3-4-18-9(15)17/h1-2,5,16H,3-4H2,(H2,15,17). The summed E-state index contributed by atoms with van der Waals surface area (Å²) < 4.78 is 42.9. The molecule has 1 amide bonds. The number of anilines is 1. The second-order valence-electron chi connectivity index (χ2n) is 3.28. The van der Waals surface area contributed by atoms with E-state index in [2.05, 4.69) is 26.0 Å². The number of benzene rings is 1. The monoisotopic (exact) mass is 326 g/mol. The lowest BCUT2D eigenvalue weighted by Gasteiger charge is -2.14. The largest absolute Gasteiger partial charge is 0.448 e. The van der Waals surface area contributed by atoms with Crippen LogP contribution in [0.4, 0.5) is 23.7 Å². The number of alkyl halides is 3. The average molecular weight is 327 g/mol. The fraction of sp³-hybridized carbons (Fsp3) is 0.300. The smallest absolute Gasteiger partial charge is 0.418 e. The van der Waals surface area contributed by atoms with Crippen LogP contribution in [-0.4, -0.2) is 19.2 Å². The van der Waals surface area contributed by atoms with E-state index in [0.717, 1.165) is 6.07 Å². The summed E-state index contributed by atoms with van der Waals surface area (Å²) in [6, 6.07) is 3.56. The molecule has 18 heavy (non-hydrogen) atoms. The van der Waals surface area contributed by atoms with Gasteiger partial charge in [-0.05, 0) is 18.2 Å². The van der Waals surface area contributed by atoms with Crippen LogP contribution in [-0.2, 0) is 10.9 Å². The predicted molar refractivity (Wildman–Crippen MR) is 63.2 cm³/mol. The maximum absolute atomic E-state index is 12.7. The summed E-state index contributed by atoms with van der Waals surface area (Å²) in [5.41, 5.74) is 3.84. The van der Waals surface area contributed by atoms with Crippen molar-refractivity contribution in [3.05, 3.63) is 28.2 Å². The minimum absolute atomic E-state index is 0.0302. The van der Waals surface area contributed by atoms with Crippen molar-refractivity contribution in [3.63, 3.8) is 0 Å². The third-order valence-electron chi connectivity index (χ3n) is 1.95. The molecule has 0 radical (unpaired) electrons. The molecule has 0 aliphatic rings. The third kappa shape index (κ3) is 4.44. The molecular formula is C10H10BrF3N2O2. The van der Waals surface area contributed by atoms with Crippen molar-refractivity contribution < 1.29 is 22.7 Å². The second kappa shape index (κ2) is 5.94. The number of carbonyl (C=O) groups is 1. The van der Waals surface area contributed by atoms with E-state index in [1.165, 1.54) is 12.1 Å². The Morgan fingerprint density at radius 1 is 1.44 bits per heavy atom. The molecule has 3 N–H and O–H groups in total. The van der Waals surface area contributed by atoms with Gasteiger partial charge in [-0.3, -0.25) is 0 Å². The van der Waals surface area contributed by atoms with Crippen molar-refractivity contribution in [2.24, 2.45) is 5.73 Å². The molecule has 100 valence electrons. The van der Waals surface area contributed by atoms with E-state index in [-0.39, 0.29) is 18.8 Å². The zero-order valence-electron chi connectivity index (χ0n) is 9.05. The lowest BCUT2D eigenvalue weighted by Crippen LogP contribution is -2.19. The fourth-order valence-corrected chi connectivity index (χ4v) is 1.61. The molecule has 0 unspecified atom stereocenters. The topological polar surface area (TPSA) is 64.4 Å². The Kier molecular flexibility index (Phi) is 4.83. The van der Waals surface area contributed by atoms with E-state index in [1.807, 2.05) is 0 Å². The predicted octanol–water partition coefficient (Wildman–Crippen LogP) is 2.98. The van der Waals surface area contributed by atoms with E-state index >= 15 is 0 Å². The number of hydrogen-bond acceptors (Lipinski definition) is 3. The van der Waals surface area contributed by atoms with E-state index in [4.69, 9.17) is 5.73 Å². The zero-order chi connectivity index (χ0) is 13.8. The molecule has 0 fully saturated rings.